The molecule has 2 nitrogen and oxygen atoms in total. The number of nitrogens with one attached hydrogen (secondary N) is 1. The standard InChI is InChI=1S/C17H29ClN2/c1-8-17(5,6)20(7)15-11-9-10-14(18)13(15)12-19-16(2,3)4/h9-11,19H,8,12H2,1-7H3. The molecule has 0 bridgehead atoms. The minimum Gasteiger partial charge on any atom is -0.369 e. The zero-order valence-electron chi connectivity index (χ0n) is 14.0. The van der Waals surface area contributed by atoms with Gasteiger partial charge in [-0.3, -0.25) is 0 Å². The molecule has 0 amide bonds. The van der Waals surface area contributed by atoms with Crippen LogP contribution in [-0.2, 0) is 6.54 Å². The van der Waals surface area contributed by atoms with Crippen molar-refractivity contribution in [2.75, 3.05) is 11.9 Å². The van der Waals surface area contributed by atoms with Crippen LogP contribution in [0, 0.1) is 0 Å². The molecule has 0 unspecified atom stereocenters. The largest absolute Gasteiger partial charge is 0.369 e. The Balaban J connectivity index is 3.11. The van der Waals surface area contributed by atoms with Gasteiger partial charge in [0, 0.05) is 40.9 Å². The Bertz CT molecular complexity index is 447. The molecule has 0 saturated carbocycles. The summed E-state index contributed by atoms with van der Waals surface area (Å²) in [6.07, 6.45) is 1.09. The van der Waals surface area contributed by atoms with E-state index in [0.29, 0.717) is 0 Å². The second-order valence-corrected chi connectivity index (χ2v) is 7.47. The van der Waals surface area contributed by atoms with Crippen molar-refractivity contribution >= 4 is 17.3 Å². The van der Waals surface area contributed by atoms with Crippen LogP contribution in [0.4, 0.5) is 5.69 Å². The van der Waals surface area contributed by atoms with E-state index in [-0.39, 0.29) is 11.1 Å². The number of hydrogen-bond donors (Lipinski definition) is 1. The van der Waals surface area contributed by atoms with Crippen LogP contribution < -0.4 is 10.2 Å². The van der Waals surface area contributed by atoms with Crippen LogP contribution in [0.25, 0.3) is 0 Å². The molecule has 0 saturated heterocycles. The molecule has 0 aliphatic carbocycles. The van der Waals surface area contributed by atoms with Crippen LogP contribution in [0.5, 0.6) is 0 Å². The van der Waals surface area contributed by atoms with Crippen LogP contribution >= 0.6 is 11.6 Å². The third-order valence-electron chi connectivity index (χ3n) is 4.02. The highest BCUT2D eigenvalue weighted by atomic mass is 35.5. The molecule has 1 aromatic rings. The monoisotopic (exact) mass is 296 g/mol. The first-order valence-electron chi connectivity index (χ1n) is 7.35. The first kappa shape index (κ1) is 17.3. The molecule has 0 aliphatic heterocycles. The lowest BCUT2D eigenvalue weighted by Gasteiger charge is -2.38. The highest BCUT2D eigenvalue weighted by molar-refractivity contribution is 6.31. The first-order valence-corrected chi connectivity index (χ1v) is 7.72. The van der Waals surface area contributed by atoms with Gasteiger partial charge in [0.2, 0.25) is 0 Å². The van der Waals surface area contributed by atoms with E-state index in [0.717, 1.165) is 18.0 Å². The quantitative estimate of drug-likeness (QED) is 0.835. The highest BCUT2D eigenvalue weighted by Crippen LogP contribution is 2.32. The van der Waals surface area contributed by atoms with E-state index < -0.39 is 0 Å². The fourth-order valence-corrected chi connectivity index (χ4v) is 2.19. The summed E-state index contributed by atoms with van der Waals surface area (Å²) >= 11 is 6.43. The molecule has 0 atom stereocenters. The number of rotatable bonds is 5. The molecular formula is C17H29ClN2. The van der Waals surface area contributed by atoms with Crippen LogP contribution in [0.3, 0.4) is 0 Å². The lowest BCUT2D eigenvalue weighted by Crippen LogP contribution is -2.42. The Morgan fingerprint density at radius 3 is 2.25 bits per heavy atom. The summed E-state index contributed by atoms with van der Waals surface area (Å²) in [7, 11) is 2.15. The number of anilines is 1. The van der Waals surface area contributed by atoms with E-state index in [1.807, 2.05) is 12.1 Å². The smallest absolute Gasteiger partial charge is 0.0471 e. The molecule has 20 heavy (non-hydrogen) atoms. The first-order chi connectivity index (χ1) is 9.08. The minimum atomic E-state index is 0.0787. The topological polar surface area (TPSA) is 15.3 Å². The Kier molecular flexibility index (Phi) is 5.51. The van der Waals surface area contributed by atoms with Crippen molar-refractivity contribution in [3.05, 3.63) is 28.8 Å². The van der Waals surface area contributed by atoms with Crippen LogP contribution in [0.15, 0.2) is 18.2 Å². The molecule has 3 heteroatoms. The van der Waals surface area contributed by atoms with Crippen LogP contribution in [0.2, 0.25) is 5.02 Å². The van der Waals surface area contributed by atoms with E-state index in [2.05, 4.69) is 64.9 Å². The van der Waals surface area contributed by atoms with Crippen molar-refractivity contribution in [3.63, 3.8) is 0 Å². The Morgan fingerprint density at radius 2 is 1.75 bits per heavy atom. The minimum absolute atomic E-state index is 0.0787. The van der Waals surface area contributed by atoms with E-state index in [1.54, 1.807) is 0 Å². The Labute approximate surface area is 129 Å². The van der Waals surface area contributed by atoms with E-state index in [9.17, 15) is 0 Å². The highest BCUT2D eigenvalue weighted by Gasteiger charge is 2.24. The van der Waals surface area contributed by atoms with Gasteiger partial charge in [-0.05, 0) is 53.2 Å². The third kappa shape index (κ3) is 4.39. The summed E-state index contributed by atoms with van der Waals surface area (Å²) in [5.41, 5.74) is 2.57. The SMILES string of the molecule is CCC(C)(C)N(C)c1cccc(Cl)c1CNC(C)(C)C. The van der Waals surface area contributed by atoms with Crippen LogP contribution in [0.1, 0.15) is 53.5 Å². The lowest BCUT2D eigenvalue weighted by atomic mass is 9.97. The number of benzene rings is 1. The van der Waals surface area contributed by atoms with Crippen molar-refractivity contribution in [3.8, 4) is 0 Å². The lowest BCUT2D eigenvalue weighted by molar-refractivity contribution is 0.422. The van der Waals surface area contributed by atoms with Gasteiger partial charge >= 0.3 is 0 Å². The van der Waals surface area contributed by atoms with Gasteiger partial charge in [-0.25, -0.2) is 0 Å². The molecule has 114 valence electrons. The Hall–Kier alpha value is -0.730. The molecular weight excluding hydrogens is 268 g/mol. The molecule has 1 N–H and O–H groups in total. The molecule has 0 fully saturated rings. The maximum Gasteiger partial charge on any atom is 0.0471 e. The fourth-order valence-electron chi connectivity index (χ4n) is 1.95. The average Bonchev–Trinajstić information content (AvgIpc) is 2.35. The molecule has 0 radical (unpaired) electrons. The van der Waals surface area contributed by atoms with Gasteiger partial charge in [-0.2, -0.15) is 0 Å². The number of halogens is 1. The maximum absolute atomic E-state index is 6.43. The van der Waals surface area contributed by atoms with Crippen molar-refractivity contribution in [1.29, 1.82) is 0 Å². The third-order valence-corrected chi connectivity index (χ3v) is 4.38. The molecule has 1 aromatic carbocycles. The molecule has 1 rings (SSSR count). The zero-order chi connectivity index (χ0) is 15.6. The van der Waals surface area contributed by atoms with Gasteiger partial charge in [0.25, 0.3) is 0 Å². The van der Waals surface area contributed by atoms with Gasteiger partial charge in [0.1, 0.15) is 0 Å². The molecule has 0 heterocycles. The summed E-state index contributed by atoms with van der Waals surface area (Å²) in [6.45, 7) is 14.0. The summed E-state index contributed by atoms with van der Waals surface area (Å²) in [5.74, 6) is 0. The summed E-state index contributed by atoms with van der Waals surface area (Å²) in [6, 6.07) is 6.15. The number of hydrogen-bond acceptors (Lipinski definition) is 2. The second-order valence-electron chi connectivity index (χ2n) is 7.07. The predicted molar refractivity (Wildman–Crippen MR) is 90.8 cm³/mol. The van der Waals surface area contributed by atoms with Gasteiger partial charge < -0.3 is 10.2 Å². The average molecular weight is 297 g/mol. The fraction of sp³-hybridized carbons (Fsp3) is 0.647. The molecule has 0 aliphatic rings. The molecule has 0 spiro atoms. The summed E-state index contributed by atoms with van der Waals surface area (Å²) < 4.78 is 0. The van der Waals surface area contributed by atoms with Crippen LogP contribution in [-0.4, -0.2) is 18.1 Å². The summed E-state index contributed by atoms with van der Waals surface area (Å²) in [4.78, 5) is 2.33. The van der Waals surface area contributed by atoms with Gasteiger partial charge in [0.05, 0.1) is 0 Å². The van der Waals surface area contributed by atoms with Crippen molar-refractivity contribution in [2.45, 2.75) is 65.6 Å². The van der Waals surface area contributed by atoms with Crippen molar-refractivity contribution in [1.82, 2.24) is 5.32 Å². The summed E-state index contributed by atoms with van der Waals surface area (Å²) in [5, 5.41) is 4.36. The van der Waals surface area contributed by atoms with Gasteiger partial charge in [-0.1, -0.05) is 24.6 Å². The van der Waals surface area contributed by atoms with E-state index in [1.165, 1.54) is 11.3 Å². The normalized spacial score (nSPS) is 12.6. The second kappa shape index (κ2) is 6.36. The van der Waals surface area contributed by atoms with Crippen molar-refractivity contribution in [2.24, 2.45) is 0 Å². The predicted octanol–water partition coefficient (Wildman–Crippen LogP) is 4.85. The van der Waals surface area contributed by atoms with Gasteiger partial charge in [-0.15, -0.1) is 0 Å². The maximum atomic E-state index is 6.43. The zero-order valence-corrected chi connectivity index (χ0v) is 14.7. The Morgan fingerprint density at radius 1 is 1.15 bits per heavy atom. The van der Waals surface area contributed by atoms with Gasteiger partial charge in [0.15, 0.2) is 0 Å². The number of nitrogens with zero attached hydrogens (tertiary/aromatic N) is 1. The molecule has 0 aromatic heterocycles. The van der Waals surface area contributed by atoms with E-state index in [4.69, 9.17) is 11.6 Å². The van der Waals surface area contributed by atoms with E-state index >= 15 is 0 Å². The van der Waals surface area contributed by atoms with Crippen molar-refractivity contribution < 1.29 is 0 Å².